The first kappa shape index (κ1) is 12.1. The summed E-state index contributed by atoms with van der Waals surface area (Å²) in [5.74, 6) is 1.67. The minimum Gasteiger partial charge on any atom is -0.480 e. The summed E-state index contributed by atoms with van der Waals surface area (Å²) in [7, 11) is 0. The fourth-order valence-corrected chi connectivity index (χ4v) is 1.45. The number of aliphatic carboxylic acids is 1. The van der Waals surface area contributed by atoms with E-state index in [0.29, 0.717) is 6.42 Å². The van der Waals surface area contributed by atoms with Crippen LogP contribution in [-0.4, -0.2) is 17.1 Å². The van der Waals surface area contributed by atoms with Gasteiger partial charge in [0.25, 0.3) is 0 Å². The molecule has 1 unspecified atom stereocenters. The molecule has 0 aliphatic carbocycles. The summed E-state index contributed by atoms with van der Waals surface area (Å²) in [5.41, 5.74) is 1.49. The molecular weight excluding hydrogens is 202 g/mol. The standard InChI is InChI=1S/C13H15NO2/c1-3-6-12(13(15)16)14-11-8-5-7-10(4-2)9-11/h2,5,7-9,12,14H,3,6H2,1H3,(H,15,16). The Morgan fingerprint density at radius 3 is 2.94 bits per heavy atom. The van der Waals surface area contributed by atoms with Crippen LogP contribution < -0.4 is 5.32 Å². The first-order valence-electron chi connectivity index (χ1n) is 5.23. The van der Waals surface area contributed by atoms with E-state index < -0.39 is 12.0 Å². The van der Waals surface area contributed by atoms with Crippen molar-refractivity contribution in [3.05, 3.63) is 29.8 Å². The molecule has 0 amide bonds. The van der Waals surface area contributed by atoms with Crippen molar-refractivity contribution in [1.82, 2.24) is 0 Å². The molecule has 1 atom stereocenters. The van der Waals surface area contributed by atoms with Crippen LogP contribution >= 0.6 is 0 Å². The van der Waals surface area contributed by atoms with Gasteiger partial charge in [0.2, 0.25) is 0 Å². The molecule has 0 bridgehead atoms. The van der Waals surface area contributed by atoms with Crippen molar-refractivity contribution in [2.75, 3.05) is 5.32 Å². The molecule has 1 aromatic rings. The Kier molecular flexibility index (Phi) is 4.41. The number of benzene rings is 1. The second kappa shape index (κ2) is 5.82. The minimum atomic E-state index is -0.840. The van der Waals surface area contributed by atoms with Crippen molar-refractivity contribution in [2.24, 2.45) is 0 Å². The average Bonchev–Trinajstić information content (AvgIpc) is 2.28. The van der Waals surface area contributed by atoms with Gasteiger partial charge in [0.1, 0.15) is 6.04 Å². The summed E-state index contributed by atoms with van der Waals surface area (Å²) >= 11 is 0. The molecule has 0 heterocycles. The van der Waals surface area contributed by atoms with E-state index in [1.165, 1.54) is 0 Å². The monoisotopic (exact) mass is 217 g/mol. The smallest absolute Gasteiger partial charge is 0.326 e. The molecular formula is C13H15NO2. The first-order valence-corrected chi connectivity index (χ1v) is 5.23. The number of anilines is 1. The van der Waals surface area contributed by atoms with Gasteiger partial charge in [-0.2, -0.15) is 0 Å². The molecule has 0 radical (unpaired) electrons. The molecule has 0 aromatic heterocycles. The van der Waals surface area contributed by atoms with Gasteiger partial charge in [0, 0.05) is 11.3 Å². The summed E-state index contributed by atoms with van der Waals surface area (Å²) in [4.78, 5) is 10.9. The fourth-order valence-electron chi connectivity index (χ4n) is 1.45. The van der Waals surface area contributed by atoms with E-state index in [4.69, 9.17) is 11.5 Å². The van der Waals surface area contributed by atoms with Crippen molar-refractivity contribution in [2.45, 2.75) is 25.8 Å². The van der Waals surface area contributed by atoms with Crippen molar-refractivity contribution in [3.8, 4) is 12.3 Å². The zero-order valence-corrected chi connectivity index (χ0v) is 9.23. The quantitative estimate of drug-likeness (QED) is 0.744. The Balaban J connectivity index is 2.77. The number of carboxylic acids is 1. The van der Waals surface area contributed by atoms with Gasteiger partial charge in [-0.25, -0.2) is 4.79 Å². The van der Waals surface area contributed by atoms with E-state index in [0.717, 1.165) is 17.7 Å². The summed E-state index contributed by atoms with van der Waals surface area (Å²) in [6.45, 7) is 1.95. The molecule has 3 heteroatoms. The Morgan fingerprint density at radius 2 is 2.38 bits per heavy atom. The van der Waals surface area contributed by atoms with Crippen LogP contribution in [0.3, 0.4) is 0 Å². The number of hydrogen-bond donors (Lipinski definition) is 2. The molecule has 0 saturated heterocycles. The van der Waals surface area contributed by atoms with E-state index in [1.54, 1.807) is 12.1 Å². The summed E-state index contributed by atoms with van der Waals surface area (Å²) in [5, 5.41) is 11.9. The maximum atomic E-state index is 10.9. The van der Waals surface area contributed by atoms with Gasteiger partial charge in [-0.05, 0) is 24.6 Å². The highest BCUT2D eigenvalue weighted by atomic mass is 16.4. The molecule has 1 rings (SSSR count). The maximum absolute atomic E-state index is 10.9. The van der Waals surface area contributed by atoms with Crippen LogP contribution in [0.4, 0.5) is 5.69 Å². The van der Waals surface area contributed by atoms with Crippen LogP contribution in [0.15, 0.2) is 24.3 Å². The minimum absolute atomic E-state index is 0.557. The molecule has 0 aliphatic heterocycles. The van der Waals surface area contributed by atoms with Gasteiger partial charge in [-0.3, -0.25) is 0 Å². The van der Waals surface area contributed by atoms with Crippen LogP contribution in [0.5, 0.6) is 0 Å². The van der Waals surface area contributed by atoms with Crippen molar-refractivity contribution in [1.29, 1.82) is 0 Å². The summed E-state index contributed by atoms with van der Waals surface area (Å²) in [6, 6.07) is 6.64. The van der Waals surface area contributed by atoms with Crippen LogP contribution in [-0.2, 0) is 4.79 Å². The lowest BCUT2D eigenvalue weighted by atomic mass is 10.1. The normalized spacial score (nSPS) is 11.5. The highest BCUT2D eigenvalue weighted by molar-refractivity contribution is 5.77. The third kappa shape index (κ3) is 3.32. The number of terminal acetylenes is 1. The van der Waals surface area contributed by atoms with Crippen molar-refractivity contribution < 1.29 is 9.90 Å². The molecule has 0 spiro atoms. The third-order valence-corrected chi connectivity index (χ3v) is 2.25. The third-order valence-electron chi connectivity index (χ3n) is 2.25. The number of carboxylic acid groups (broad SMARTS) is 1. The Labute approximate surface area is 95.5 Å². The van der Waals surface area contributed by atoms with Gasteiger partial charge >= 0.3 is 5.97 Å². The van der Waals surface area contributed by atoms with Gasteiger partial charge in [-0.15, -0.1) is 6.42 Å². The molecule has 84 valence electrons. The van der Waals surface area contributed by atoms with E-state index in [1.807, 2.05) is 19.1 Å². The highest BCUT2D eigenvalue weighted by Gasteiger charge is 2.15. The average molecular weight is 217 g/mol. The van der Waals surface area contributed by atoms with E-state index in [-0.39, 0.29) is 0 Å². The van der Waals surface area contributed by atoms with E-state index in [2.05, 4.69) is 11.2 Å². The Hall–Kier alpha value is -1.95. The number of nitrogens with one attached hydrogen (secondary N) is 1. The van der Waals surface area contributed by atoms with Gasteiger partial charge in [0.05, 0.1) is 0 Å². The van der Waals surface area contributed by atoms with Gasteiger partial charge in [0.15, 0.2) is 0 Å². The van der Waals surface area contributed by atoms with E-state index in [9.17, 15) is 4.79 Å². The second-order valence-corrected chi connectivity index (χ2v) is 3.55. The number of carbonyl (C=O) groups is 1. The zero-order valence-electron chi connectivity index (χ0n) is 9.23. The van der Waals surface area contributed by atoms with Crippen molar-refractivity contribution >= 4 is 11.7 Å². The topological polar surface area (TPSA) is 49.3 Å². The lowest BCUT2D eigenvalue weighted by molar-refractivity contribution is -0.138. The molecule has 0 aliphatic rings. The first-order chi connectivity index (χ1) is 7.67. The number of hydrogen-bond acceptors (Lipinski definition) is 2. The predicted octanol–water partition coefficient (Wildman–Crippen LogP) is 2.33. The lowest BCUT2D eigenvalue weighted by Crippen LogP contribution is -2.28. The summed E-state index contributed by atoms with van der Waals surface area (Å²) < 4.78 is 0. The maximum Gasteiger partial charge on any atom is 0.326 e. The fraction of sp³-hybridized carbons (Fsp3) is 0.308. The van der Waals surface area contributed by atoms with Crippen LogP contribution in [0.1, 0.15) is 25.3 Å². The SMILES string of the molecule is C#Cc1cccc(NC(CCC)C(=O)O)c1. The largest absolute Gasteiger partial charge is 0.480 e. The molecule has 0 saturated carbocycles. The van der Waals surface area contributed by atoms with Crippen LogP contribution in [0.2, 0.25) is 0 Å². The van der Waals surface area contributed by atoms with Crippen LogP contribution in [0, 0.1) is 12.3 Å². The zero-order chi connectivity index (χ0) is 12.0. The Bertz CT molecular complexity index is 407. The molecule has 0 fully saturated rings. The van der Waals surface area contributed by atoms with Gasteiger partial charge in [-0.1, -0.05) is 25.3 Å². The number of rotatable bonds is 5. The second-order valence-electron chi connectivity index (χ2n) is 3.55. The Morgan fingerprint density at radius 1 is 1.62 bits per heavy atom. The highest BCUT2D eigenvalue weighted by Crippen LogP contribution is 2.13. The lowest BCUT2D eigenvalue weighted by Gasteiger charge is -2.14. The van der Waals surface area contributed by atoms with E-state index >= 15 is 0 Å². The molecule has 2 N–H and O–H groups in total. The van der Waals surface area contributed by atoms with Crippen molar-refractivity contribution in [3.63, 3.8) is 0 Å². The molecule has 3 nitrogen and oxygen atoms in total. The predicted molar refractivity (Wildman–Crippen MR) is 64.3 cm³/mol. The molecule has 1 aromatic carbocycles. The van der Waals surface area contributed by atoms with Gasteiger partial charge < -0.3 is 10.4 Å². The molecule has 16 heavy (non-hydrogen) atoms. The van der Waals surface area contributed by atoms with Crippen LogP contribution in [0.25, 0.3) is 0 Å². The summed E-state index contributed by atoms with van der Waals surface area (Å²) in [6.07, 6.45) is 6.69.